The molecule has 0 unspecified atom stereocenters. The van der Waals surface area contributed by atoms with Crippen molar-refractivity contribution in [3.63, 3.8) is 0 Å². The first-order valence-electron chi connectivity index (χ1n) is 18.4. The second kappa shape index (κ2) is 13.4. The highest BCUT2D eigenvalue weighted by atomic mass is 16.3. The average molecular weight is 690 g/mol. The Morgan fingerprint density at radius 2 is 0.648 bits per heavy atom. The van der Waals surface area contributed by atoms with Gasteiger partial charge in [-0.25, -0.2) is 0 Å². The maximum Gasteiger partial charge on any atom is 0.143 e. The predicted octanol–water partition coefficient (Wildman–Crippen LogP) is 14.9. The summed E-state index contributed by atoms with van der Waals surface area (Å²) in [6, 6.07) is 75.7. The lowest BCUT2D eigenvalue weighted by molar-refractivity contribution is 0.673. The van der Waals surface area contributed by atoms with Gasteiger partial charge in [0.25, 0.3) is 0 Å². The third-order valence-electron chi connectivity index (χ3n) is 10.5. The number of nitrogens with zero attached hydrogens (tertiary/aromatic N) is 1. The molecular weight excluding hydrogens is 655 g/mol. The minimum absolute atomic E-state index is 0.898. The molecule has 0 aliphatic rings. The monoisotopic (exact) mass is 689 g/mol. The molecule has 54 heavy (non-hydrogen) atoms. The second-order valence-electron chi connectivity index (χ2n) is 13.7. The van der Waals surface area contributed by atoms with E-state index < -0.39 is 0 Å². The molecule has 0 radical (unpaired) electrons. The highest BCUT2D eigenvalue weighted by molar-refractivity contribution is 6.26. The van der Waals surface area contributed by atoms with Crippen molar-refractivity contribution < 1.29 is 4.42 Å². The SMILES string of the molecule is c1ccc(-c2ccc(N(c3ccc(-c4ccccc4)cc3)c3ccc(-c4c(-c5ccccc5)c5c6ccccc6oc5c5ccccc45)cc3)cc2)cc1. The van der Waals surface area contributed by atoms with Gasteiger partial charge in [0.2, 0.25) is 0 Å². The Morgan fingerprint density at radius 3 is 1.17 bits per heavy atom. The van der Waals surface area contributed by atoms with Crippen molar-refractivity contribution in [1.29, 1.82) is 0 Å². The summed E-state index contributed by atoms with van der Waals surface area (Å²) in [6.45, 7) is 0. The number of furan rings is 1. The van der Waals surface area contributed by atoms with E-state index in [1.807, 2.05) is 6.07 Å². The van der Waals surface area contributed by atoms with Crippen LogP contribution in [-0.2, 0) is 0 Å². The van der Waals surface area contributed by atoms with Gasteiger partial charge in [-0.15, -0.1) is 0 Å². The fourth-order valence-electron chi connectivity index (χ4n) is 7.93. The molecule has 0 spiro atoms. The summed E-state index contributed by atoms with van der Waals surface area (Å²) < 4.78 is 6.63. The van der Waals surface area contributed by atoms with Gasteiger partial charge >= 0.3 is 0 Å². The molecule has 1 aromatic heterocycles. The van der Waals surface area contributed by atoms with Crippen LogP contribution in [0.25, 0.3) is 77.2 Å². The molecule has 0 atom stereocenters. The third kappa shape index (κ3) is 5.53. The maximum atomic E-state index is 6.63. The summed E-state index contributed by atoms with van der Waals surface area (Å²) in [4.78, 5) is 2.34. The van der Waals surface area contributed by atoms with Crippen LogP contribution in [0.5, 0.6) is 0 Å². The second-order valence-corrected chi connectivity index (χ2v) is 13.7. The Kier molecular flexibility index (Phi) is 7.85. The molecule has 0 bridgehead atoms. The summed E-state index contributed by atoms with van der Waals surface area (Å²) >= 11 is 0. The average Bonchev–Trinajstić information content (AvgIpc) is 3.65. The lowest BCUT2D eigenvalue weighted by Crippen LogP contribution is -2.09. The van der Waals surface area contributed by atoms with Crippen molar-refractivity contribution in [3.8, 4) is 44.5 Å². The van der Waals surface area contributed by atoms with Crippen LogP contribution in [0.1, 0.15) is 0 Å². The number of fused-ring (bicyclic) bond motifs is 5. The van der Waals surface area contributed by atoms with Crippen LogP contribution in [0.2, 0.25) is 0 Å². The van der Waals surface area contributed by atoms with Crippen LogP contribution >= 0.6 is 0 Å². The van der Waals surface area contributed by atoms with E-state index in [0.29, 0.717) is 0 Å². The van der Waals surface area contributed by atoms with Gasteiger partial charge in [-0.2, -0.15) is 0 Å². The molecule has 0 fully saturated rings. The highest BCUT2D eigenvalue weighted by Crippen LogP contribution is 2.48. The minimum atomic E-state index is 0.898. The molecule has 254 valence electrons. The molecule has 2 heteroatoms. The van der Waals surface area contributed by atoms with Crippen LogP contribution < -0.4 is 4.90 Å². The van der Waals surface area contributed by atoms with E-state index in [-0.39, 0.29) is 0 Å². The lowest BCUT2D eigenvalue weighted by Gasteiger charge is -2.26. The van der Waals surface area contributed by atoms with Crippen LogP contribution in [-0.4, -0.2) is 0 Å². The zero-order valence-corrected chi connectivity index (χ0v) is 29.6. The maximum absolute atomic E-state index is 6.63. The number of hydrogen-bond acceptors (Lipinski definition) is 2. The van der Waals surface area contributed by atoms with Gasteiger partial charge in [-0.05, 0) is 86.8 Å². The van der Waals surface area contributed by atoms with E-state index in [1.54, 1.807) is 0 Å². The largest absolute Gasteiger partial charge is 0.455 e. The first kappa shape index (κ1) is 31.6. The number of hydrogen-bond donors (Lipinski definition) is 0. The van der Waals surface area contributed by atoms with Crippen LogP contribution in [0.3, 0.4) is 0 Å². The summed E-state index contributed by atoms with van der Waals surface area (Å²) in [5.41, 5.74) is 14.6. The molecule has 0 saturated carbocycles. The Balaban J connectivity index is 1.14. The number of benzene rings is 9. The first-order valence-corrected chi connectivity index (χ1v) is 18.4. The van der Waals surface area contributed by atoms with Gasteiger partial charge in [-0.3, -0.25) is 0 Å². The van der Waals surface area contributed by atoms with Gasteiger partial charge in [0.1, 0.15) is 11.2 Å². The van der Waals surface area contributed by atoms with Crippen molar-refractivity contribution in [1.82, 2.24) is 0 Å². The number of rotatable bonds is 7. The molecule has 0 amide bonds. The Bertz CT molecular complexity index is 2790. The molecule has 0 aliphatic heterocycles. The fraction of sp³-hybridized carbons (Fsp3) is 0. The zero-order chi connectivity index (χ0) is 35.8. The van der Waals surface area contributed by atoms with E-state index in [2.05, 4.69) is 211 Å². The molecule has 2 nitrogen and oxygen atoms in total. The quantitative estimate of drug-likeness (QED) is 0.166. The van der Waals surface area contributed by atoms with Gasteiger partial charge in [0, 0.05) is 38.8 Å². The van der Waals surface area contributed by atoms with Crippen molar-refractivity contribution in [2.45, 2.75) is 0 Å². The van der Waals surface area contributed by atoms with E-state index in [9.17, 15) is 0 Å². The Morgan fingerprint density at radius 1 is 0.278 bits per heavy atom. The topological polar surface area (TPSA) is 16.4 Å². The smallest absolute Gasteiger partial charge is 0.143 e. The molecule has 10 rings (SSSR count). The van der Waals surface area contributed by atoms with E-state index in [4.69, 9.17) is 4.42 Å². The molecule has 1 heterocycles. The van der Waals surface area contributed by atoms with E-state index in [1.165, 1.54) is 38.8 Å². The van der Waals surface area contributed by atoms with Gasteiger partial charge in [-0.1, -0.05) is 170 Å². The normalized spacial score (nSPS) is 11.3. The van der Waals surface area contributed by atoms with Crippen LogP contribution in [0.4, 0.5) is 17.1 Å². The van der Waals surface area contributed by atoms with Gasteiger partial charge < -0.3 is 9.32 Å². The Hall–Kier alpha value is -7.16. The molecule has 9 aromatic carbocycles. The van der Waals surface area contributed by atoms with Crippen molar-refractivity contribution >= 4 is 49.8 Å². The first-order chi connectivity index (χ1) is 26.8. The van der Waals surface area contributed by atoms with Gasteiger partial charge in [0.05, 0.1) is 0 Å². The minimum Gasteiger partial charge on any atom is -0.455 e. The molecular formula is C52H35NO. The van der Waals surface area contributed by atoms with Crippen LogP contribution in [0.15, 0.2) is 217 Å². The predicted molar refractivity (Wildman–Crippen MR) is 228 cm³/mol. The zero-order valence-electron chi connectivity index (χ0n) is 29.6. The van der Waals surface area contributed by atoms with Crippen molar-refractivity contribution in [3.05, 3.63) is 212 Å². The summed E-state index contributed by atoms with van der Waals surface area (Å²) in [5.74, 6) is 0. The Labute approximate surface area is 314 Å². The van der Waals surface area contributed by atoms with E-state index in [0.717, 1.165) is 55.5 Å². The molecule has 0 saturated heterocycles. The third-order valence-corrected chi connectivity index (χ3v) is 10.5. The summed E-state index contributed by atoms with van der Waals surface area (Å²) in [7, 11) is 0. The molecule has 0 aliphatic carbocycles. The lowest BCUT2D eigenvalue weighted by atomic mass is 9.86. The fourth-order valence-corrected chi connectivity index (χ4v) is 7.93. The van der Waals surface area contributed by atoms with E-state index >= 15 is 0 Å². The molecule has 10 aromatic rings. The molecule has 0 N–H and O–H groups in total. The standard InChI is InChI=1S/C52H35NO/c1-4-14-36(15-5-1)38-24-30-42(31-25-38)53(43-32-26-39(27-33-43)37-16-6-2-7-17-37)44-34-28-41(29-35-44)49-45-20-10-11-21-46(45)52-51(47-22-12-13-23-48(47)54-52)50(49)40-18-8-3-9-19-40/h1-35H. The van der Waals surface area contributed by atoms with Crippen molar-refractivity contribution in [2.75, 3.05) is 4.90 Å². The number of anilines is 3. The van der Waals surface area contributed by atoms with Gasteiger partial charge in [0.15, 0.2) is 0 Å². The number of para-hydroxylation sites is 1. The van der Waals surface area contributed by atoms with Crippen LogP contribution in [0, 0.1) is 0 Å². The summed E-state index contributed by atoms with van der Waals surface area (Å²) in [5, 5.41) is 4.55. The van der Waals surface area contributed by atoms with Crippen molar-refractivity contribution in [2.24, 2.45) is 0 Å². The highest BCUT2D eigenvalue weighted by Gasteiger charge is 2.22. The summed E-state index contributed by atoms with van der Waals surface area (Å²) in [6.07, 6.45) is 0.